The van der Waals surface area contributed by atoms with Crippen LogP contribution < -0.4 is 20.7 Å². The number of ether oxygens (including phenoxy) is 2. The zero-order chi connectivity index (χ0) is 19.4. The molecule has 27 heavy (non-hydrogen) atoms. The van der Waals surface area contributed by atoms with Crippen molar-refractivity contribution in [3.63, 3.8) is 0 Å². The molecule has 2 aromatic carbocycles. The Hall–Kier alpha value is -3.55. The molecule has 0 spiro atoms. The first-order valence-corrected chi connectivity index (χ1v) is 8.36. The van der Waals surface area contributed by atoms with E-state index >= 15 is 0 Å². The van der Waals surface area contributed by atoms with E-state index < -0.39 is 12.2 Å². The average Bonchev–Trinajstić information content (AvgIpc) is 3.01. The van der Waals surface area contributed by atoms with Crippen LogP contribution in [-0.2, 0) is 9.53 Å². The van der Waals surface area contributed by atoms with Gasteiger partial charge < -0.3 is 20.5 Å². The van der Waals surface area contributed by atoms with Crippen molar-refractivity contribution in [2.24, 2.45) is 5.73 Å². The highest BCUT2D eigenvalue weighted by Gasteiger charge is 2.33. The average molecular weight is 368 g/mol. The number of carbonyl (C=O) groups excluding carboxylic acids is 2. The molecule has 8 heteroatoms. The van der Waals surface area contributed by atoms with E-state index in [1.54, 1.807) is 48.5 Å². The van der Waals surface area contributed by atoms with Crippen molar-refractivity contribution < 1.29 is 19.1 Å². The van der Waals surface area contributed by atoms with E-state index in [9.17, 15) is 9.59 Å². The highest BCUT2D eigenvalue weighted by molar-refractivity contribution is 5.96. The van der Waals surface area contributed by atoms with Crippen molar-refractivity contribution in [3.8, 4) is 5.75 Å². The largest absolute Gasteiger partial charge is 0.487 e. The molecule has 1 aliphatic rings. The van der Waals surface area contributed by atoms with Gasteiger partial charge in [-0.05, 0) is 36.4 Å². The lowest BCUT2D eigenvalue weighted by Crippen LogP contribution is -2.26. The van der Waals surface area contributed by atoms with Crippen LogP contribution in [0, 0.1) is 5.41 Å². The van der Waals surface area contributed by atoms with Crippen LogP contribution in [0.3, 0.4) is 0 Å². The molecule has 1 heterocycles. The topological polar surface area (TPSA) is 118 Å². The fourth-order valence-corrected chi connectivity index (χ4v) is 2.71. The molecule has 3 rings (SSSR count). The number of anilines is 2. The number of nitrogens with zero attached hydrogens (tertiary/aromatic N) is 1. The molecule has 8 nitrogen and oxygen atoms in total. The molecule has 0 radical (unpaired) electrons. The van der Waals surface area contributed by atoms with Gasteiger partial charge in [-0.3, -0.25) is 15.1 Å². The van der Waals surface area contributed by atoms with E-state index in [0.717, 1.165) is 0 Å². The predicted octanol–water partition coefficient (Wildman–Crippen LogP) is 2.33. The number of nitrogens with one attached hydrogen (secondary N) is 2. The first-order chi connectivity index (χ1) is 12.9. The maximum Gasteiger partial charge on any atom is 0.414 e. The number of hydrogen-bond donors (Lipinski definition) is 3. The summed E-state index contributed by atoms with van der Waals surface area (Å²) in [5.41, 5.74) is 7.24. The van der Waals surface area contributed by atoms with Crippen molar-refractivity contribution in [1.82, 2.24) is 0 Å². The van der Waals surface area contributed by atoms with Crippen LogP contribution in [0.15, 0.2) is 48.5 Å². The lowest BCUT2D eigenvalue weighted by Gasteiger charge is -2.15. The first-order valence-electron chi connectivity index (χ1n) is 8.36. The second kappa shape index (κ2) is 7.77. The third-order valence-electron chi connectivity index (χ3n) is 3.99. The Morgan fingerprint density at radius 3 is 2.67 bits per heavy atom. The summed E-state index contributed by atoms with van der Waals surface area (Å²) in [5, 5.41) is 10.1. The number of para-hydroxylation sites is 2. The summed E-state index contributed by atoms with van der Waals surface area (Å²) >= 11 is 0. The lowest BCUT2D eigenvalue weighted by atomic mass is 10.2. The van der Waals surface area contributed by atoms with Crippen LogP contribution in [0.1, 0.15) is 12.5 Å². The minimum atomic E-state index is -0.464. The zero-order valence-corrected chi connectivity index (χ0v) is 14.8. The van der Waals surface area contributed by atoms with E-state index in [-0.39, 0.29) is 18.3 Å². The van der Waals surface area contributed by atoms with Crippen LogP contribution >= 0.6 is 0 Å². The van der Waals surface area contributed by atoms with Gasteiger partial charge in [0.2, 0.25) is 5.91 Å². The Balaban J connectivity index is 1.63. The van der Waals surface area contributed by atoms with E-state index in [4.69, 9.17) is 20.6 Å². The molecule has 0 saturated carbocycles. The number of carbonyl (C=O) groups is 2. The fraction of sp³-hybridized carbons (Fsp3) is 0.211. The van der Waals surface area contributed by atoms with Gasteiger partial charge in [-0.25, -0.2) is 4.79 Å². The van der Waals surface area contributed by atoms with Crippen molar-refractivity contribution in [3.05, 3.63) is 54.1 Å². The summed E-state index contributed by atoms with van der Waals surface area (Å²) < 4.78 is 11.1. The summed E-state index contributed by atoms with van der Waals surface area (Å²) in [5.74, 6) is 0.279. The fourth-order valence-electron chi connectivity index (χ4n) is 2.71. The van der Waals surface area contributed by atoms with Gasteiger partial charge in [-0.1, -0.05) is 12.1 Å². The molecule has 1 fully saturated rings. The second-order valence-corrected chi connectivity index (χ2v) is 6.07. The Labute approximate surface area is 156 Å². The van der Waals surface area contributed by atoms with Gasteiger partial charge in [-0.15, -0.1) is 0 Å². The van der Waals surface area contributed by atoms with Crippen LogP contribution in [0.4, 0.5) is 16.2 Å². The summed E-state index contributed by atoms with van der Waals surface area (Å²) in [6.45, 7) is 1.91. The van der Waals surface area contributed by atoms with Crippen molar-refractivity contribution in [2.45, 2.75) is 13.0 Å². The molecule has 140 valence electrons. The van der Waals surface area contributed by atoms with Crippen LogP contribution in [0.5, 0.6) is 5.75 Å². The normalized spacial score (nSPS) is 16.0. The quantitative estimate of drug-likeness (QED) is 0.534. The maximum absolute atomic E-state index is 12.2. The van der Waals surface area contributed by atoms with Crippen molar-refractivity contribution in [2.75, 3.05) is 23.4 Å². The minimum Gasteiger partial charge on any atom is -0.487 e. The molecule has 1 unspecified atom stereocenters. The van der Waals surface area contributed by atoms with Gasteiger partial charge in [-0.2, -0.15) is 0 Å². The number of amidine groups is 1. The molecule has 2 amide bonds. The summed E-state index contributed by atoms with van der Waals surface area (Å²) in [6.07, 6.45) is -0.912. The molecule has 1 saturated heterocycles. The number of amides is 2. The number of nitrogen functional groups attached to an aromatic ring is 1. The molecule has 0 bridgehead atoms. The molecular weight excluding hydrogens is 348 g/mol. The Morgan fingerprint density at radius 1 is 1.30 bits per heavy atom. The van der Waals surface area contributed by atoms with Gasteiger partial charge in [0.15, 0.2) is 6.10 Å². The van der Waals surface area contributed by atoms with Gasteiger partial charge in [0, 0.05) is 18.2 Å². The van der Waals surface area contributed by atoms with Crippen molar-refractivity contribution in [1.29, 1.82) is 5.41 Å². The molecule has 1 aliphatic heterocycles. The zero-order valence-electron chi connectivity index (χ0n) is 14.8. The smallest absolute Gasteiger partial charge is 0.414 e. The predicted molar refractivity (Wildman–Crippen MR) is 101 cm³/mol. The molecular formula is C19H20N4O4. The number of cyclic esters (lactones) is 1. The standard InChI is InChI=1S/C19H20N4O4/c1-12(24)22-16-4-2-3-5-17(16)26-11-15-10-23(19(25)27-15)14-8-6-13(7-9-14)18(20)21/h2-9,15H,10-11H2,1H3,(H3,20,21)(H,22,24). The number of rotatable bonds is 6. The number of benzene rings is 2. The molecule has 0 aromatic heterocycles. The molecule has 4 N–H and O–H groups in total. The second-order valence-electron chi connectivity index (χ2n) is 6.07. The third kappa shape index (κ3) is 4.35. The number of nitrogens with two attached hydrogens (primary N) is 1. The van der Waals surface area contributed by atoms with Gasteiger partial charge in [0.1, 0.15) is 18.2 Å². The highest BCUT2D eigenvalue weighted by Crippen LogP contribution is 2.26. The van der Waals surface area contributed by atoms with Gasteiger partial charge in [0.05, 0.1) is 12.2 Å². The van der Waals surface area contributed by atoms with Gasteiger partial charge >= 0.3 is 6.09 Å². The Kier molecular flexibility index (Phi) is 5.25. The first kappa shape index (κ1) is 18.2. The van der Waals surface area contributed by atoms with Crippen LogP contribution in [-0.4, -0.2) is 37.1 Å². The third-order valence-corrected chi connectivity index (χ3v) is 3.99. The monoisotopic (exact) mass is 368 g/mol. The SMILES string of the molecule is CC(=O)Nc1ccccc1OCC1CN(c2ccc(C(=N)N)cc2)C(=O)O1. The Morgan fingerprint density at radius 2 is 2.00 bits per heavy atom. The van der Waals surface area contributed by atoms with Gasteiger partial charge in [0.25, 0.3) is 0 Å². The summed E-state index contributed by atoms with van der Waals surface area (Å²) in [6, 6.07) is 13.8. The number of hydrogen-bond acceptors (Lipinski definition) is 5. The van der Waals surface area contributed by atoms with E-state index in [2.05, 4.69) is 5.32 Å². The van der Waals surface area contributed by atoms with Crippen molar-refractivity contribution >= 4 is 29.2 Å². The van der Waals surface area contributed by atoms with E-state index in [0.29, 0.717) is 29.2 Å². The Bertz CT molecular complexity index is 866. The lowest BCUT2D eigenvalue weighted by molar-refractivity contribution is -0.114. The van der Waals surface area contributed by atoms with Crippen LogP contribution in [0.25, 0.3) is 0 Å². The maximum atomic E-state index is 12.2. The van der Waals surface area contributed by atoms with E-state index in [1.165, 1.54) is 11.8 Å². The summed E-state index contributed by atoms with van der Waals surface area (Å²) in [4.78, 5) is 24.9. The van der Waals surface area contributed by atoms with E-state index in [1.807, 2.05) is 0 Å². The highest BCUT2D eigenvalue weighted by atomic mass is 16.6. The summed E-state index contributed by atoms with van der Waals surface area (Å²) in [7, 11) is 0. The molecule has 2 aromatic rings. The van der Waals surface area contributed by atoms with Crippen LogP contribution in [0.2, 0.25) is 0 Å². The minimum absolute atomic E-state index is 0.0327. The molecule has 1 atom stereocenters. The molecule has 0 aliphatic carbocycles.